The van der Waals surface area contributed by atoms with E-state index in [2.05, 4.69) is 56.1 Å². The number of aliphatic carboxylic acids is 1. The number of ether oxygens (including phenoxy) is 2. The Labute approximate surface area is 316 Å². The zero-order chi connectivity index (χ0) is 36.2. The van der Waals surface area contributed by atoms with Gasteiger partial charge in [0.25, 0.3) is 0 Å². The summed E-state index contributed by atoms with van der Waals surface area (Å²) in [4.78, 5) is 41.5. The average molecular weight is 756 g/mol. The Bertz CT molecular complexity index is 1400. The number of carboxylic acid groups (broad SMARTS) is 1. The van der Waals surface area contributed by atoms with Crippen LogP contribution in [0.4, 0.5) is 16.2 Å². The van der Waals surface area contributed by atoms with Gasteiger partial charge >= 0.3 is 18.0 Å². The Hall–Kier alpha value is -3.29. The molecule has 0 saturated carbocycles. The van der Waals surface area contributed by atoms with Crippen molar-refractivity contribution < 1.29 is 29.0 Å². The van der Waals surface area contributed by atoms with Crippen LogP contribution in [0.25, 0.3) is 0 Å². The molecule has 14 heteroatoms. The molecule has 2 fully saturated rings. The molecule has 1 amide bonds. The average Bonchev–Trinajstić information content (AvgIpc) is 3.01. The van der Waals surface area contributed by atoms with E-state index in [1.807, 2.05) is 61.5 Å². The van der Waals surface area contributed by atoms with E-state index in [4.69, 9.17) is 14.6 Å². The lowest BCUT2D eigenvalue weighted by atomic mass is 10.1. The number of nitrogens with one attached hydrogen (secondary N) is 3. The third-order valence-corrected chi connectivity index (χ3v) is 7.83. The Kier molecular flexibility index (Phi) is 19.1. The third kappa shape index (κ3) is 17.7. The number of carbonyl (C=O) groups is 3. The molecule has 0 aromatic heterocycles. The summed E-state index contributed by atoms with van der Waals surface area (Å²) in [5, 5.41) is 18.3. The smallest absolute Gasteiger partial charge is 0.410 e. The van der Waals surface area contributed by atoms with Gasteiger partial charge in [0.05, 0.1) is 0 Å². The van der Waals surface area contributed by atoms with Crippen molar-refractivity contribution in [2.45, 2.75) is 79.7 Å². The fourth-order valence-corrected chi connectivity index (χ4v) is 5.47. The standard InChI is InChI=1S/C23H37N3O4.C14H21N3O2.2ClH/c1-17-8-9-18(19(14-17)24-15-20(27)29-22(2,3)4)16-25-10-12-26(13-11-25)21(28)30-23(5,6)7;1-11-2-3-12(10-17-6-4-15-5-7-17)13(8-11)16-9-14(18)19;;/h8-9,14,24H,10-13,15-16H2,1-7H3;2-3,8,15-16H,4-7,9-10H2,1H3,(H,18,19);2*1H. The maximum Gasteiger partial charge on any atom is 0.410 e. The van der Waals surface area contributed by atoms with Gasteiger partial charge in [-0.15, -0.1) is 24.8 Å². The molecule has 12 nitrogen and oxygen atoms in total. The van der Waals surface area contributed by atoms with Gasteiger partial charge in [-0.25, -0.2) is 4.79 Å². The molecule has 2 aliphatic heterocycles. The monoisotopic (exact) mass is 754 g/mol. The number of rotatable bonds is 10. The molecule has 0 bridgehead atoms. The lowest BCUT2D eigenvalue weighted by Gasteiger charge is -2.35. The molecule has 288 valence electrons. The maximum absolute atomic E-state index is 12.2. The summed E-state index contributed by atoms with van der Waals surface area (Å²) < 4.78 is 10.9. The maximum atomic E-state index is 12.2. The van der Waals surface area contributed by atoms with Gasteiger partial charge < -0.3 is 35.4 Å². The lowest BCUT2D eigenvalue weighted by Crippen LogP contribution is -2.49. The van der Waals surface area contributed by atoms with Crippen LogP contribution in [0.15, 0.2) is 36.4 Å². The van der Waals surface area contributed by atoms with Crippen LogP contribution in [0.2, 0.25) is 0 Å². The highest BCUT2D eigenvalue weighted by Crippen LogP contribution is 2.22. The van der Waals surface area contributed by atoms with Crippen molar-refractivity contribution in [1.29, 1.82) is 0 Å². The second-order valence-corrected chi connectivity index (χ2v) is 14.8. The summed E-state index contributed by atoms with van der Waals surface area (Å²) in [5.74, 6) is -1.12. The van der Waals surface area contributed by atoms with E-state index >= 15 is 0 Å². The first kappa shape index (κ1) is 45.7. The molecule has 0 spiro atoms. The number of amides is 1. The summed E-state index contributed by atoms with van der Waals surface area (Å²) in [6.45, 7) is 23.9. The summed E-state index contributed by atoms with van der Waals surface area (Å²) in [7, 11) is 0. The molecule has 0 unspecified atom stereocenters. The van der Waals surface area contributed by atoms with Crippen LogP contribution >= 0.6 is 24.8 Å². The zero-order valence-corrected chi connectivity index (χ0v) is 33.2. The number of piperazine rings is 2. The number of anilines is 2. The van der Waals surface area contributed by atoms with Crippen molar-refractivity contribution in [1.82, 2.24) is 20.0 Å². The predicted octanol–water partition coefficient (Wildman–Crippen LogP) is 5.54. The number of hydrogen-bond acceptors (Lipinski definition) is 10. The molecule has 4 N–H and O–H groups in total. The minimum atomic E-state index is -0.838. The second kappa shape index (κ2) is 21.3. The summed E-state index contributed by atoms with van der Waals surface area (Å²) in [6.07, 6.45) is -0.253. The van der Waals surface area contributed by atoms with Crippen LogP contribution in [0.5, 0.6) is 0 Å². The number of carbonyl (C=O) groups excluding carboxylic acids is 2. The van der Waals surface area contributed by atoms with Crippen molar-refractivity contribution in [3.05, 3.63) is 58.7 Å². The van der Waals surface area contributed by atoms with Crippen molar-refractivity contribution in [3.63, 3.8) is 0 Å². The Morgan fingerprint density at radius 3 is 1.61 bits per heavy atom. The minimum Gasteiger partial charge on any atom is -0.480 e. The topological polar surface area (TPSA) is 136 Å². The predicted molar refractivity (Wildman–Crippen MR) is 209 cm³/mol. The first-order valence-electron chi connectivity index (χ1n) is 17.2. The third-order valence-electron chi connectivity index (χ3n) is 7.83. The van der Waals surface area contributed by atoms with Gasteiger partial charge in [-0.2, -0.15) is 0 Å². The molecule has 4 rings (SSSR count). The van der Waals surface area contributed by atoms with E-state index in [1.54, 1.807) is 4.90 Å². The number of aryl methyl sites for hydroxylation is 2. The summed E-state index contributed by atoms with van der Waals surface area (Å²) in [6, 6.07) is 12.4. The van der Waals surface area contributed by atoms with Gasteiger partial charge in [0.15, 0.2) is 0 Å². The van der Waals surface area contributed by atoms with Crippen molar-refractivity contribution in [3.8, 4) is 0 Å². The zero-order valence-electron chi connectivity index (χ0n) is 31.6. The molecular weight excluding hydrogens is 695 g/mol. The fourth-order valence-electron chi connectivity index (χ4n) is 5.47. The molecule has 2 heterocycles. The van der Waals surface area contributed by atoms with Crippen LogP contribution in [-0.2, 0) is 32.2 Å². The van der Waals surface area contributed by atoms with Crippen molar-refractivity contribution in [2.75, 3.05) is 76.1 Å². The van der Waals surface area contributed by atoms with E-state index in [0.717, 1.165) is 86.0 Å². The number of benzene rings is 2. The Morgan fingerprint density at radius 1 is 0.706 bits per heavy atom. The first-order chi connectivity index (χ1) is 23.0. The number of halogens is 2. The molecule has 51 heavy (non-hydrogen) atoms. The van der Waals surface area contributed by atoms with Crippen LogP contribution in [0, 0.1) is 13.8 Å². The highest BCUT2D eigenvalue weighted by molar-refractivity contribution is 5.85. The van der Waals surface area contributed by atoms with Crippen molar-refractivity contribution in [2.24, 2.45) is 0 Å². The van der Waals surface area contributed by atoms with Gasteiger partial charge in [-0.1, -0.05) is 24.3 Å². The van der Waals surface area contributed by atoms with E-state index in [1.165, 1.54) is 0 Å². The molecule has 0 radical (unpaired) electrons. The Morgan fingerprint density at radius 2 is 1.16 bits per heavy atom. The van der Waals surface area contributed by atoms with Gasteiger partial charge in [0, 0.05) is 76.8 Å². The molecule has 2 saturated heterocycles. The highest BCUT2D eigenvalue weighted by atomic mass is 35.5. The van der Waals surface area contributed by atoms with Gasteiger partial charge in [-0.3, -0.25) is 19.4 Å². The number of carboxylic acids is 1. The SMILES string of the molecule is Cc1ccc(CN2CCN(C(=O)OC(C)(C)C)CC2)c(NCC(=O)OC(C)(C)C)c1.Cc1ccc(CN2CCNCC2)c(NCC(=O)O)c1.Cl.Cl. The largest absolute Gasteiger partial charge is 0.480 e. The van der Waals surface area contributed by atoms with Crippen molar-refractivity contribution >= 4 is 54.2 Å². The van der Waals surface area contributed by atoms with Crippen LogP contribution in [0.1, 0.15) is 63.8 Å². The molecule has 0 atom stereocenters. The van der Waals surface area contributed by atoms with Crippen LogP contribution in [-0.4, -0.2) is 114 Å². The van der Waals surface area contributed by atoms with E-state index in [0.29, 0.717) is 13.1 Å². The van der Waals surface area contributed by atoms with E-state index < -0.39 is 17.2 Å². The first-order valence-corrected chi connectivity index (χ1v) is 17.2. The van der Waals surface area contributed by atoms with Gasteiger partial charge in [0.1, 0.15) is 24.3 Å². The molecular formula is C37H60Cl2N6O6. The number of esters is 1. The summed E-state index contributed by atoms with van der Waals surface area (Å²) in [5.41, 5.74) is 5.43. The molecule has 0 aliphatic carbocycles. The van der Waals surface area contributed by atoms with E-state index in [9.17, 15) is 14.4 Å². The lowest BCUT2D eigenvalue weighted by molar-refractivity contribution is -0.152. The van der Waals surface area contributed by atoms with E-state index in [-0.39, 0.29) is 50.0 Å². The highest BCUT2D eigenvalue weighted by Gasteiger charge is 2.26. The summed E-state index contributed by atoms with van der Waals surface area (Å²) >= 11 is 0. The minimum absolute atomic E-state index is 0. The van der Waals surface area contributed by atoms with Gasteiger partial charge in [0.2, 0.25) is 0 Å². The van der Waals surface area contributed by atoms with Crippen LogP contribution in [0.3, 0.4) is 0 Å². The number of hydrogen-bond donors (Lipinski definition) is 4. The molecule has 2 aromatic carbocycles. The normalized spacial score (nSPS) is 15.3. The van der Waals surface area contributed by atoms with Crippen LogP contribution < -0.4 is 16.0 Å². The quantitative estimate of drug-likeness (QED) is 0.228. The molecule has 2 aromatic rings. The second-order valence-electron chi connectivity index (χ2n) is 14.8. The number of nitrogens with zero attached hydrogens (tertiary/aromatic N) is 3. The molecule has 2 aliphatic rings. The Balaban J connectivity index is 0.000000536. The fraction of sp³-hybridized carbons (Fsp3) is 0.595. The van der Waals surface area contributed by atoms with Gasteiger partial charge in [-0.05, 0) is 89.8 Å².